The molecular formula is C17H33ClN2O2. The first kappa shape index (κ1) is 19.7. The molecule has 0 aromatic rings. The molecule has 0 aromatic carbocycles. The highest BCUT2D eigenvalue weighted by atomic mass is 35.5. The van der Waals surface area contributed by atoms with Gasteiger partial charge in [0.25, 0.3) is 0 Å². The highest BCUT2D eigenvalue weighted by Crippen LogP contribution is 2.26. The van der Waals surface area contributed by atoms with Crippen LogP contribution in [0, 0.1) is 17.8 Å². The minimum absolute atomic E-state index is 0. The Balaban J connectivity index is 0.00000242. The van der Waals surface area contributed by atoms with Gasteiger partial charge in [0.05, 0.1) is 19.3 Å². The van der Waals surface area contributed by atoms with Gasteiger partial charge in [0, 0.05) is 13.0 Å². The highest BCUT2D eigenvalue weighted by Gasteiger charge is 2.30. The second-order valence-corrected chi connectivity index (χ2v) is 7.21. The van der Waals surface area contributed by atoms with E-state index in [1.54, 1.807) is 0 Å². The number of nitrogens with one attached hydrogen (secondary N) is 1. The molecular weight excluding hydrogens is 300 g/mol. The molecule has 2 rings (SSSR count). The molecule has 2 aliphatic rings. The summed E-state index contributed by atoms with van der Waals surface area (Å²) >= 11 is 0. The normalized spacial score (nSPS) is 24.9. The zero-order chi connectivity index (χ0) is 15.2. The van der Waals surface area contributed by atoms with Gasteiger partial charge in [-0.05, 0) is 50.1 Å². The van der Waals surface area contributed by atoms with Crippen LogP contribution in [0.25, 0.3) is 0 Å². The Morgan fingerprint density at radius 1 is 1.27 bits per heavy atom. The Bertz CT molecular complexity index is 333. The van der Waals surface area contributed by atoms with Crippen molar-refractivity contribution >= 4 is 18.3 Å². The Kier molecular flexibility index (Phi) is 8.73. The van der Waals surface area contributed by atoms with Gasteiger partial charge < -0.3 is 15.0 Å². The molecule has 22 heavy (non-hydrogen) atoms. The van der Waals surface area contributed by atoms with Crippen LogP contribution in [0.4, 0.5) is 0 Å². The largest absolute Gasteiger partial charge is 0.377 e. The zero-order valence-electron chi connectivity index (χ0n) is 14.3. The molecule has 0 aliphatic carbocycles. The van der Waals surface area contributed by atoms with Crippen molar-refractivity contribution in [2.24, 2.45) is 17.8 Å². The summed E-state index contributed by atoms with van der Waals surface area (Å²) in [6.07, 6.45) is 4.19. The topological polar surface area (TPSA) is 41.6 Å². The van der Waals surface area contributed by atoms with E-state index in [1.165, 1.54) is 12.8 Å². The third kappa shape index (κ3) is 5.71. The predicted molar refractivity (Wildman–Crippen MR) is 92.4 cm³/mol. The lowest BCUT2D eigenvalue weighted by Gasteiger charge is -2.38. The fraction of sp³-hybridized carbons (Fsp3) is 0.941. The maximum atomic E-state index is 12.7. The van der Waals surface area contributed by atoms with E-state index >= 15 is 0 Å². The van der Waals surface area contributed by atoms with Gasteiger partial charge in [-0.15, -0.1) is 12.4 Å². The smallest absolute Gasteiger partial charge is 0.223 e. The monoisotopic (exact) mass is 332 g/mol. The van der Waals surface area contributed by atoms with Crippen LogP contribution in [0.2, 0.25) is 0 Å². The second kappa shape index (κ2) is 9.74. The molecule has 130 valence electrons. The number of hydrogen-bond donors (Lipinski definition) is 1. The number of rotatable bonds is 5. The van der Waals surface area contributed by atoms with Crippen molar-refractivity contribution in [1.82, 2.24) is 10.2 Å². The van der Waals surface area contributed by atoms with Crippen LogP contribution in [-0.4, -0.2) is 49.7 Å². The van der Waals surface area contributed by atoms with Gasteiger partial charge in [-0.1, -0.05) is 20.8 Å². The molecule has 2 heterocycles. The number of morpholine rings is 1. The molecule has 1 N–H and O–H groups in total. The molecule has 1 amide bonds. The summed E-state index contributed by atoms with van der Waals surface area (Å²) in [6.45, 7) is 11.1. The maximum Gasteiger partial charge on any atom is 0.223 e. The van der Waals surface area contributed by atoms with E-state index in [2.05, 4.69) is 31.0 Å². The molecule has 2 unspecified atom stereocenters. The number of nitrogens with zero attached hydrogens (tertiary/aromatic N) is 1. The number of carbonyl (C=O) groups is 1. The molecule has 0 spiro atoms. The Hall–Kier alpha value is -0.320. The van der Waals surface area contributed by atoms with Crippen molar-refractivity contribution < 1.29 is 9.53 Å². The minimum Gasteiger partial charge on any atom is -0.377 e. The molecule has 2 fully saturated rings. The van der Waals surface area contributed by atoms with Crippen molar-refractivity contribution in [3.63, 3.8) is 0 Å². The molecule has 0 bridgehead atoms. The molecule has 2 atom stereocenters. The molecule has 2 aliphatic heterocycles. The lowest BCUT2D eigenvalue weighted by molar-refractivity contribution is -0.141. The standard InChI is InChI=1S/C17H32N2O2.ClH/c1-13(2)10-16-12-21-9-8-19(16)17(20)11-14(3)15-4-6-18-7-5-15;/h13-16,18H,4-12H2,1-3H3;1H. The van der Waals surface area contributed by atoms with Gasteiger partial charge in [-0.2, -0.15) is 0 Å². The zero-order valence-corrected chi connectivity index (χ0v) is 15.2. The fourth-order valence-corrected chi connectivity index (χ4v) is 3.70. The Labute approximate surface area is 141 Å². The summed E-state index contributed by atoms with van der Waals surface area (Å²) in [5, 5.41) is 3.40. The third-order valence-corrected chi connectivity index (χ3v) is 4.98. The van der Waals surface area contributed by atoms with Crippen LogP contribution < -0.4 is 5.32 Å². The minimum atomic E-state index is 0. The molecule has 0 radical (unpaired) electrons. The number of halogens is 1. The third-order valence-electron chi connectivity index (χ3n) is 4.98. The summed E-state index contributed by atoms with van der Waals surface area (Å²) < 4.78 is 5.58. The van der Waals surface area contributed by atoms with Crippen LogP contribution in [0.5, 0.6) is 0 Å². The highest BCUT2D eigenvalue weighted by molar-refractivity contribution is 5.85. The first-order valence-corrected chi connectivity index (χ1v) is 8.66. The quantitative estimate of drug-likeness (QED) is 0.841. The van der Waals surface area contributed by atoms with Gasteiger partial charge in [-0.25, -0.2) is 0 Å². The van der Waals surface area contributed by atoms with E-state index in [9.17, 15) is 4.79 Å². The lowest BCUT2D eigenvalue weighted by atomic mass is 9.83. The van der Waals surface area contributed by atoms with Crippen molar-refractivity contribution in [1.29, 1.82) is 0 Å². The Morgan fingerprint density at radius 2 is 1.95 bits per heavy atom. The van der Waals surface area contributed by atoms with Gasteiger partial charge >= 0.3 is 0 Å². The number of piperidine rings is 1. The van der Waals surface area contributed by atoms with E-state index in [0.717, 1.165) is 26.1 Å². The molecule has 0 aromatic heterocycles. The first-order valence-electron chi connectivity index (χ1n) is 8.66. The fourth-order valence-electron chi connectivity index (χ4n) is 3.70. The molecule has 5 heteroatoms. The molecule has 2 saturated heterocycles. The van der Waals surface area contributed by atoms with E-state index in [4.69, 9.17) is 4.74 Å². The summed E-state index contributed by atoms with van der Waals surface area (Å²) in [4.78, 5) is 14.8. The lowest BCUT2D eigenvalue weighted by Crippen LogP contribution is -2.49. The number of amides is 1. The number of ether oxygens (including phenoxy) is 1. The summed E-state index contributed by atoms with van der Waals surface area (Å²) in [6, 6.07) is 0.284. The van der Waals surface area contributed by atoms with Crippen LogP contribution in [0.15, 0.2) is 0 Å². The van der Waals surface area contributed by atoms with Gasteiger partial charge in [0.15, 0.2) is 0 Å². The van der Waals surface area contributed by atoms with Crippen molar-refractivity contribution in [2.75, 3.05) is 32.8 Å². The molecule has 4 nitrogen and oxygen atoms in total. The van der Waals surface area contributed by atoms with E-state index in [-0.39, 0.29) is 18.4 Å². The van der Waals surface area contributed by atoms with Crippen molar-refractivity contribution in [2.45, 2.75) is 52.5 Å². The van der Waals surface area contributed by atoms with Crippen LogP contribution in [-0.2, 0) is 9.53 Å². The molecule has 0 saturated carbocycles. The van der Waals surface area contributed by atoms with Gasteiger partial charge in [0.2, 0.25) is 5.91 Å². The van der Waals surface area contributed by atoms with E-state index < -0.39 is 0 Å². The average Bonchev–Trinajstić information content (AvgIpc) is 2.48. The van der Waals surface area contributed by atoms with Gasteiger partial charge in [-0.3, -0.25) is 4.79 Å². The summed E-state index contributed by atoms with van der Waals surface area (Å²) in [5.41, 5.74) is 0. The number of hydrogen-bond acceptors (Lipinski definition) is 3. The maximum absolute atomic E-state index is 12.7. The second-order valence-electron chi connectivity index (χ2n) is 7.21. The summed E-state index contributed by atoms with van der Waals surface area (Å²) in [5.74, 6) is 2.16. The van der Waals surface area contributed by atoms with Gasteiger partial charge in [0.1, 0.15) is 0 Å². The van der Waals surface area contributed by atoms with E-state index in [1.807, 2.05) is 0 Å². The SMILES string of the molecule is CC(C)CC1COCCN1C(=O)CC(C)C1CCNCC1.Cl. The van der Waals surface area contributed by atoms with Crippen LogP contribution >= 0.6 is 12.4 Å². The van der Waals surface area contributed by atoms with Crippen molar-refractivity contribution in [3.05, 3.63) is 0 Å². The number of carbonyl (C=O) groups excluding carboxylic acids is 1. The average molecular weight is 333 g/mol. The van der Waals surface area contributed by atoms with Crippen molar-refractivity contribution in [3.8, 4) is 0 Å². The Morgan fingerprint density at radius 3 is 2.59 bits per heavy atom. The summed E-state index contributed by atoms with van der Waals surface area (Å²) in [7, 11) is 0. The van der Waals surface area contributed by atoms with Crippen LogP contribution in [0.3, 0.4) is 0 Å². The first-order chi connectivity index (χ1) is 10.1. The van der Waals surface area contributed by atoms with Crippen LogP contribution in [0.1, 0.15) is 46.5 Å². The van der Waals surface area contributed by atoms with E-state index in [0.29, 0.717) is 43.3 Å². The predicted octanol–water partition coefficient (Wildman–Crippen LogP) is 2.71.